The Morgan fingerprint density at radius 3 is 2.55 bits per heavy atom. The lowest BCUT2D eigenvalue weighted by molar-refractivity contribution is -0.122. The number of nitrogens with one attached hydrogen (secondary N) is 2. The standard InChI is InChI=1S/C26H33N3O2/c1-18(2)24-13-22(14-25(30)28-16-20-8-7-11-27-15-20)19(3)12-23(24)17-29-26(31)21-9-5-4-6-10-21/h4-12,15,18,22-24H,13-14,16-17H2,1-3H3,(H,28,30)(H,29,31)/t22-,23-,24-/m0/s1. The molecule has 1 aromatic heterocycles. The Morgan fingerprint density at radius 2 is 1.87 bits per heavy atom. The minimum Gasteiger partial charge on any atom is -0.352 e. The predicted molar refractivity (Wildman–Crippen MR) is 123 cm³/mol. The van der Waals surface area contributed by atoms with Crippen LogP contribution in [0.15, 0.2) is 66.5 Å². The highest BCUT2D eigenvalue weighted by molar-refractivity contribution is 5.94. The van der Waals surface area contributed by atoms with Crippen LogP contribution in [0.4, 0.5) is 0 Å². The van der Waals surface area contributed by atoms with Gasteiger partial charge in [-0.25, -0.2) is 0 Å². The molecule has 0 spiro atoms. The van der Waals surface area contributed by atoms with Gasteiger partial charge in [-0.3, -0.25) is 14.6 Å². The first-order valence-electron chi connectivity index (χ1n) is 11.1. The number of hydrogen-bond acceptors (Lipinski definition) is 3. The first kappa shape index (κ1) is 22.7. The fourth-order valence-corrected chi connectivity index (χ4v) is 4.41. The van der Waals surface area contributed by atoms with Crippen LogP contribution < -0.4 is 10.6 Å². The molecule has 0 saturated carbocycles. The van der Waals surface area contributed by atoms with Crippen molar-refractivity contribution in [3.8, 4) is 0 Å². The van der Waals surface area contributed by atoms with Crippen molar-refractivity contribution in [1.29, 1.82) is 0 Å². The molecule has 2 amide bonds. The second-order valence-corrected chi connectivity index (χ2v) is 8.83. The maximum Gasteiger partial charge on any atom is 0.251 e. The normalized spacial score (nSPS) is 20.8. The number of pyridine rings is 1. The summed E-state index contributed by atoms with van der Waals surface area (Å²) in [7, 11) is 0. The number of allylic oxidation sites excluding steroid dienone is 1. The van der Waals surface area contributed by atoms with E-state index in [4.69, 9.17) is 0 Å². The third-order valence-corrected chi connectivity index (χ3v) is 6.26. The average molecular weight is 420 g/mol. The second-order valence-electron chi connectivity index (χ2n) is 8.83. The summed E-state index contributed by atoms with van der Waals surface area (Å²) in [5.41, 5.74) is 2.93. The Kier molecular flexibility index (Phi) is 7.99. The summed E-state index contributed by atoms with van der Waals surface area (Å²) >= 11 is 0. The first-order chi connectivity index (χ1) is 14.9. The topological polar surface area (TPSA) is 71.1 Å². The average Bonchev–Trinajstić information content (AvgIpc) is 2.78. The van der Waals surface area contributed by atoms with Crippen LogP contribution in [0.25, 0.3) is 0 Å². The predicted octanol–water partition coefficient (Wildman–Crippen LogP) is 4.37. The zero-order valence-corrected chi connectivity index (χ0v) is 18.7. The molecular weight excluding hydrogens is 386 g/mol. The molecule has 164 valence electrons. The Bertz CT molecular complexity index is 893. The third kappa shape index (κ3) is 6.51. The molecule has 1 aliphatic rings. The van der Waals surface area contributed by atoms with Crippen LogP contribution in [0.2, 0.25) is 0 Å². The molecular formula is C26H33N3O2. The Labute approximate surface area is 185 Å². The van der Waals surface area contributed by atoms with E-state index in [-0.39, 0.29) is 23.7 Å². The molecule has 1 heterocycles. The van der Waals surface area contributed by atoms with Gasteiger partial charge < -0.3 is 10.6 Å². The van der Waals surface area contributed by atoms with Crippen molar-refractivity contribution in [1.82, 2.24) is 15.6 Å². The molecule has 2 aromatic rings. The summed E-state index contributed by atoms with van der Waals surface area (Å²) in [6.07, 6.45) is 7.24. The van der Waals surface area contributed by atoms with E-state index >= 15 is 0 Å². The number of amides is 2. The molecule has 0 radical (unpaired) electrons. The van der Waals surface area contributed by atoms with Gasteiger partial charge in [0, 0.05) is 37.5 Å². The maximum absolute atomic E-state index is 12.5. The number of benzene rings is 1. The zero-order valence-electron chi connectivity index (χ0n) is 18.7. The van der Waals surface area contributed by atoms with E-state index in [0.717, 1.165) is 12.0 Å². The molecule has 0 aliphatic heterocycles. The SMILES string of the molecule is CC1=C[C@@H](CNC(=O)c2ccccc2)[C@H](C(C)C)C[C@H]1CC(=O)NCc1cccnc1. The maximum atomic E-state index is 12.5. The van der Waals surface area contributed by atoms with Crippen molar-refractivity contribution in [3.05, 3.63) is 77.6 Å². The quantitative estimate of drug-likeness (QED) is 0.624. The Balaban J connectivity index is 1.58. The smallest absolute Gasteiger partial charge is 0.251 e. The highest BCUT2D eigenvalue weighted by Gasteiger charge is 2.32. The van der Waals surface area contributed by atoms with Crippen LogP contribution >= 0.6 is 0 Å². The van der Waals surface area contributed by atoms with E-state index in [9.17, 15) is 9.59 Å². The van der Waals surface area contributed by atoms with Crippen molar-refractivity contribution in [2.75, 3.05) is 6.54 Å². The first-order valence-corrected chi connectivity index (χ1v) is 11.1. The van der Waals surface area contributed by atoms with Crippen molar-refractivity contribution in [2.24, 2.45) is 23.7 Å². The number of rotatable bonds is 8. The molecule has 5 heteroatoms. The van der Waals surface area contributed by atoms with Crippen LogP contribution in [0.1, 0.15) is 49.5 Å². The van der Waals surface area contributed by atoms with Gasteiger partial charge in [-0.05, 0) is 60.8 Å². The summed E-state index contributed by atoms with van der Waals surface area (Å²) in [6.45, 7) is 7.69. The van der Waals surface area contributed by atoms with Crippen molar-refractivity contribution in [3.63, 3.8) is 0 Å². The summed E-state index contributed by atoms with van der Waals surface area (Å²) < 4.78 is 0. The lowest BCUT2D eigenvalue weighted by Gasteiger charge is -2.37. The largest absolute Gasteiger partial charge is 0.352 e. The monoisotopic (exact) mass is 419 g/mol. The van der Waals surface area contributed by atoms with E-state index in [0.29, 0.717) is 36.9 Å². The lowest BCUT2D eigenvalue weighted by atomic mass is 9.69. The van der Waals surface area contributed by atoms with Gasteiger partial charge in [-0.15, -0.1) is 0 Å². The molecule has 0 fully saturated rings. The van der Waals surface area contributed by atoms with Gasteiger partial charge in [0.1, 0.15) is 0 Å². The van der Waals surface area contributed by atoms with Gasteiger partial charge in [-0.1, -0.05) is 49.8 Å². The summed E-state index contributed by atoms with van der Waals surface area (Å²) in [6, 6.07) is 13.2. The van der Waals surface area contributed by atoms with E-state index in [1.54, 1.807) is 12.4 Å². The number of carbonyl (C=O) groups is 2. The summed E-state index contributed by atoms with van der Waals surface area (Å²) in [5.74, 6) is 1.45. The minimum absolute atomic E-state index is 0.0361. The molecule has 2 N–H and O–H groups in total. The second kappa shape index (κ2) is 10.9. The van der Waals surface area contributed by atoms with Gasteiger partial charge in [0.25, 0.3) is 5.91 Å². The van der Waals surface area contributed by atoms with Crippen molar-refractivity contribution in [2.45, 2.75) is 40.2 Å². The molecule has 0 bridgehead atoms. The van der Waals surface area contributed by atoms with Crippen LogP contribution in [-0.4, -0.2) is 23.3 Å². The fraction of sp³-hybridized carbons (Fsp3) is 0.423. The summed E-state index contributed by atoms with van der Waals surface area (Å²) in [5, 5.41) is 6.12. The van der Waals surface area contributed by atoms with Gasteiger partial charge >= 0.3 is 0 Å². The molecule has 5 nitrogen and oxygen atoms in total. The fourth-order valence-electron chi connectivity index (χ4n) is 4.41. The molecule has 1 aromatic carbocycles. The molecule has 0 saturated heterocycles. The Morgan fingerprint density at radius 1 is 1.10 bits per heavy atom. The number of aromatic nitrogens is 1. The van der Waals surface area contributed by atoms with E-state index < -0.39 is 0 Å². The molecule has 31 heavy (non-hydrogen) atoms. The molecule has 3 rings (SSSR count). The van der Waals surface area contributed by atoms with Gasteiger partial charge in [0.05, 0.1) is 0 Å². The highest BCUT2D eigenvalue weighted by Crippen LogP contribution is 2.38. The molecule has 1 aliphatic carbocycles. The third-order valence-electron chi connectivity index (χ3n) is 6.26. The zero-order chi connectivity index (χ0) is 22.2. The van der Waals surface area contributed by atoms with Gasteiger partial charge in [0.2, 0.25) is 5.91 Å². The summed E-state index contributed by atoms with van der Waals surface area (Å²) in [4.78, 5) is 29.1. The van der Waals surface area contributed by atoms with Crippen molar-refractivity contribution >= 4 is 11.8 Å². The van der Waals surface area contributed by atoms with E-state index in [1.165, 1.54) is 5.57 Å². The van der Waals surface area contributed by atoms with Crippen molar-refractivity contribution < 1.29 is 9.59 Å². The number of hydrogen-bond donors (Lipinski definition) is 2. The minimum atomic E-state index is -0.0361. The Hall–Kier alpha value is -2.95. The van der Waals surface area contributed by atoms with Gasteiger partial charge in [0.15, 0.2) is 0 Å². The highest BCUT2D eigenvalue weighted by atomic mass is 16.2. The lowest BCUT2D eigenvalue weighted by Crippen LogP contribution is -2.37. The molecule has 0 unspecified atom stereocenters. The van der Waals surface area contributed by atoms with Crippen LogP contribution in [0.5, 0.6) is 0 Å². The van der Waals surface area contributed by atoms with Crippen LogP contribution in [0, 0.1) is 23.7 Å². The van der Waals surface area contributed by atoms with E-state index in [2.05, 4.69) is 42.5 Å². The van der Waals surface area contributed by atoms with Crippen LogP contribution in [-0.2, 0) is 11.3 Å². The van der Waals surface area contributed by atoms with E-state index in [1.807, 2.05) is 42.5 Å². The number of nitrogens with zero attached hydrogens (tertiary/aromatic N) is 1. The number of carbonyl (C=O) groups excluding carboxylic acids is 2. The van der Waals surface area contributed by atoms with Gasteiger partial charge in [-0.2, -0.15) is 0 Å². The molecule has 3 atom stereocenters. The van der Waals surface area contributed by atoms with Crippen LogP contribution in [0.3, 0.4) is 0 Å².